The number of thioether (sulfide) groups is 1. The summed E-state index contributed by atoms with van der Waals surface area (Å²) >= 11 is 3.24. The fourth-order valence-corrected chi connectivity index (χ4v) is 5.71. The number of rotatable bonds is 7. The minimum absolute atomic E-state index is 0.0362. The fraction of sp³-hybridized carbons (Fsp3) is 0.348. The van der Waals surface area contributed by atoms with Gasteiger partial charge >= 0.3 is 0 Å². The zero-order chi connectivity index (χ0) is 22.0. The van der Waals surface area contributed by atoms with Gasteiger partial charge in [0.25, 0.3) is 0 Å². The maximum absolute atomic E-state index is 12.4. The molecule has 162 valence electrons. The van der Waals surface area contributed by atoms with Gasteiger partial charge in [-0.3, -0.25) is 4.79 Å². The maximum atomic E-state index is 12.4. The number of hydrogen-bond donors (Lipinski definition) is 3. The van der Waals surface area contributed by atoms with Gasteiger partial charge in [0.2, 0.25) is 11.9 Å². The van der Waals surface area contributed by atoms with E-state index in [9.17, 15) is 4.79 Å². The number of benzene rings is 1. The molecular weight excluding hydrogens is 426 g/mol. The first kappa shape index (κ1) is 21.8. The van der Waals surface area contributed by atoms with Gasteiger partial charge in [0.05, 0.1) is 10.9 Å². The lowest BCUT2D eigenvalue weighted by Crippen LogP contribution is -2.32. The molecule has 1 aromatic carbocycles. The van der Waals surface area contributed by atoms with Crippen molar-refractivity contribution in [2.24, 2.45) is 0 Å². The smallest absolute Gasteiger partial charge is 0.233 e. The number of fused-ring (bicyclic) bond motifs is 1. The van der Waals surface area contributed by atoms with Crippen LogP contribution in [0.15, 0.2) is 34.7 Å². The van der Waals surface area contributed by atoms with Gasteiger partial charge in [-0.25, -0.2) is 9.97 Å². The minimum atomic E-state index is -0.192. The van der Waals surface area contributed by atoms with Crippen LogP contribution in [0, 0.1) is 13.8 Å². The van der Waals surface area contributed by atoms with Crippen molar-refractivity contribution in [2.45, 2.75) is 50.6 Å². The highest BCUT2D eigenvalue weighted by Gasteiger charge is 2.32. The van der Waals surface area contributed by atoms with Gasteiger partial charge in [-0.1, -0.05) is 23.9 Å². The number of aromatic nitrogens is 2. The molecule has 0 radical (unpaired) electrons. The Kier molecular flexibility index (Phi) is 6.60. The summed E-state index contributed by atoms with van der Waals surface area (Å²) < 4.78 is 0. The summed E-state index contributed by atoms with van der Waals surface area (Å²) in [5.74, 6) is 0.282. The summed E-state index contributed by atoms with van der Waals surface area (Å²) in [6, 6.07) is 8.62. The molecule has 0 saturated heterocycles. The molecule has 31 heavy (non-hydrogen) atoms. The maximum Gasteiger partial charge on any atom is 0.233 e. The Balaban J connectivity index is 1.63. The van der Waals surface area contributed by atoms with E-state index in [1.165, 1.54) is 27.8 Å². The molecular formula is C23H27N5OS2. The number of nitrogen functional groups attached to an aromatic ring is 1. The van der Waals surface area contributed by atoms with Crippen LogP contribution in [0.25, 0.3) is 11.3 Å². The summed E-state index contributed by atoms with van der Waals surface area (Å²) in [4.78, 5) is 22.8. The van der Waals surface area contributed by atoms with Crippen molar-refractivity contribution >= 4 is 35.0 Å². The Bertz CT molecular complexity index is 1100. The molecule has 4 rings (SSSR count). The molecule has 3 heterocycles. The van der Waals surface area contributed by atoms with Crippen molar-refractivity contribution in [2.75, 3.05) is 12.3 Å². The normalized spacial score (nSPS) is 15.1. The third-order valence-electron chi connectivity index (χ3n) is 5.41. The second-order valence-corrected chi connectivity index (χ2v) is 9.92. The predicted molar refractivity (Wildman–Crippen MR) is 128 cm³/mol. The second-order valence-electron chi connectivity index (χ2n) is 7.70. The van der Waals surface area contributed by atoms with Gasteiger partial charge in [0.15, 0.2) is 0 Å². The van der Waals surface area contributed by atoms with Crippen molar-refractivity contribution < 1.29 is 4.79 Å². The van der Waals surface area contributed by atoms with Gasteiger partial charge in [-0.2, -0.15) is 0 Å². The predicted octanol–water partition coefficient (Wildman–Crippen LogP) is 3.85. The van der Waals surface area contributed by atoms with Gasteiger partial charge in [0, 0.05) is 35.6 Å². The Morgan fingerprint density at radius 3 is 2.81 bits per heavy atom. The molecule has 0 aliphatic carbocycles. The summed E-state index contributed by atoms with van der Waals surface area (Å²) in [7, 11) is 0. The zero-order valence-electron chi connectivity index (χ0n) is 18.0. The van der Waals surface area contributed by atoms with E-state index >= 15 is 0 Å². The van der Waals surface area contributed by atoms with E-state index in [0.717, 1.165) is 40.5 Å². The molecule has 4 N–H and O–H groups in total. The number of carbonyl (C=O) groups excluding carboxylic acids is 1. The van der Waals surface area contributed by atoms with Crippen LogP contribution in [0.3, 0.4) is 0 Å². The van der Waals surface area contributed by atoms with Crippen molar-refractivity contribution in [3.63, 3.8) is 0 Å². The van der Waals surface area contributed by atoms with Gasteiger partial charge in [0.1, 0.15) is 5.03 Å². The second kappa shape index (κ2) is 9.38. The third-order valence-corrected chi connectivity index (χ3v) is 7.51. The number of anilines is 1. The number of hydrogen-bond acceptors (Lipinski definition) is 7. The van der Waals surface area contributed by atoms with E-state index in [0.29, 0.717) is 13.0 Å². The van der Waals surface area contributed by atoms with Crippen molar-refractivity contribution in [3.8, 4) is 11.3 Å². The fourth-order valence-electron chi connectivity index (χ4n) is 3.86. The Morgan fingerprint density at radius 1 is 1.23 bits per heavy atom. The monoisotopic (exact) mass is 453 g/mol. The summed E-state index contributed by atoms with van der Waals surface area (Å²) in [6.07, 6.45) is 0.612. The van der Waals surface area contributed by atoms with Crippen LogP contribution < -0.4 is 16.4 Å². The number of thiophene rings is 1. The molecule has 0 bridgehead atoms. The lowest BCUT2D eigenvalue weighted by atomic mass is 9.94. The highest BCUT2D eigenvalue weighted by Crippen LogP contribution is 2.41. The Labute approximate surface area is 191 Å². The molecule has 6 nitrogen and oxygen atoms in total. The minimum Gasteiger partial charge on any atom is -0.368 e. The number of aryl methyl sites for hydroxylation is 2. The van der Waals surface area contributed by atoms with E-state index in [1.54, 1.807) is 11.3 Å². The zero-order valence-corrected chi connectivity index (χ0v) is 19.6. The van der Waals surface area contributed by atoms with Crippen molar-refractivity contribution in [1.29, 1.82) is 0 Å². The molecule has 8 heteroatoms. The van der Waals surface area contributed by atoms with Crippen molar-refractivity contribution in [1.82, 2.24) is 20.6 Å². The standard InChI is InChI=1S/C23H27N5OS2/c1-4-26-21(29)19-10-18-20(27-23(24)28-22(18)31-19)17-9-15(13(2)8-14(17)3)11-25-12-16-6-5-7-30-16/h5-9,19,25H,4,10-12H2,1-3H3,(H,26,29)(H2,24,27,28). The highest BCUT2D eigenvalue weighted by molar-refractivity contribution is 8.00. The molecule has 1 amide bonds. The molecule has 2 aromatic heterocycles. The van der Waals surface area contributed by atoms with Crippen LogP contribution in [0.4, 0.5) is 5.95 Å². The third kappa shape index (κ3) is 4.76. The molecule has 3 aromatic rings. The number of nitrogens with two attached hydrogens (primary N) is 1. The molecule has 1 atom stereocenters. The quantitative estimate of drug-likeness (QED) is 0.471. The molecule has 0 fully saturated rings. The number of carbonyl (C=O) groups is 1. The average Bonchev–Trinajstić information content (AvgIpc) is 3.39. The van der Waals surface area contributed by atoms with E-state index in [-0.39, 0.29) is 17.1 Å². The first-order valence-electron chi connectivity index (χ1n) is 10.4. The lowest BCUT2D eigenvalue weighted by molar-refractivity contribution is -0.120. The topological polar surface area (TPSA) is 92.9 Å². The molecule has 1 aliphatic rings. The van der Waals surface area contributed by atoms with Gasteiger partial charge in [-0.05, 0) is 61.4 Å². The van der Waals surface area contributed by atoms with E-state index in [4.69, 9.17) is 5.73 Å². The van der Waals surface area contributed by atoms with Crippen LogP contribution in [-0.2, 0) is 24.3 Å². The van der Waals surface area contributed by atoms with E-state index in [1.807, 2.05) is 6.92 Å². The summed E-state index contributed by atoms with van der Waals surface area (Å²) in [5.41, 5.74) is 12.6. The van der Waals surface area contributed by atoms with Crippen LogP contribution in [-0.4, -0.2) is 27.7 Å². The first-order valence-corrected chi connectivity index (χ1v) is 12.2. The Hall–Kier alpha value is -2.42. The van der Waals surface area contributed by atoms with E-state index in [2.05, 4.69) is 64.1 Å². The number of amides is 1. The lowest BCUT2D eigenvalue weighted by Gasteiger charge is -2.15. The molecule has 1 unspecified atom stereocenters. The van der Waals surface area contributed by atoms with Gasteiger partial charge < -0.3 is 16.4 Å². The van der Waals surface area contributed by atoms with Gasteiger partial charge in [-0.15, -0.1) is 11.3 Å². The van der Waals surface area contributed by atoms with Crippen LogP contribution >= 0.6 is 23.1 Å². The van der Waals surface area contributed by atoms with Crippen LogP contribution in [0.2, 0.25) is 0 Å². The average molecular weight is 454 g/mol. The molecule has 1 aliphatic heterocycles. The van der Waals surface area contributed by atoms with Crippen LogP contribution in [0.1, 0.15) is 34.1 Å². The SMILES string of the molecule is CCNC(=O)C1Cc2c(nc(N)nc2-c2cc(CNCc3cccs3)c(C)cc2C)S1. The summed E-state index contributed by atoms with van der Waals surface area (Å²) in [6.45, 7) is 8.40. The van der Waals surface area contributed by atoms with Crippen LogP contribution in [0.5, 0.6) is 0 Å². The van der Waals surface area contributed by atoms with Crippen molar-refractivity contribution in [3.05, 3.63) is 56.8 Å². The number of nitrogens with one attached hydrogen (secondary N) is 2. The number of nitrogens with zero attached hydrogens (tertiary/aromatic N) is 2. The largest absolute Gasteiger partial charge is 0.368 e. The molecule has 0 spiro atoms. The first-order chi connectivity index (χ1) is 15.0. The Morgan fingerprint density at radius 2 is 2.06 bits per heavy atom. The van der Waals surface area contributed by atoms with E-state index < -0.39 is 0 Å². The summed E-state index contributed by atoms with van der Waals surface area (Å²) in [5, 5.41) is 9.17. The highest BCUT2D eigenvalue weighted by atomic mass is 32.2. The molecule has 0 saturated carbocycles.